The highest BCUT2D eigenvalue weighted by atomic mass is 32.1. The predicted molar refractivity (Wildman–Crippen MR) is 92.1 cm³/mol. The van der Waals surface area contributed by atoms with Gasteiger partial charge in [0.1, 0.15) is 16.8 Å². The van der Waals surface area contributed by atoms with Gasteiger partial charge in [-0.2, -0.15) is 5.26 Å². The van der Waals surface area contributed by atoms with Crippen LogP contribution in [0.1, 0.15) is 16.3 Å². The second-order valence-electron chi connectivity index (χ2n) is 5.32. The highest BCUT2D eigenvalue weighted by Crippen LogP contribution is 2.31. The molecule has 3 aromatic rings. The molecule has 116 valence electrons. The van der Waals surface area contributed by atoms with E-state index in [1.807, 2.05) is 23.6 Å². The third-order valence-electron chi connectivity index (χ3n) is 3.71. The molecule has 0 fully saturated rings. The van der Waals surface area contributed by atoms with E-state index < -0.39 is 0 Å². The zero-order valence-corrected chi connectivity index (χ0v) is 13.3. The number of thiazole rings is 1. The number of amides is 1. The van der Waals surface area contributed by atoms with E-state index in [-0.39, 0.29) is 5.91 Å². The van der Waals surface area contributed by atoms with E-state index in [0.717, 1.165) is 22.5 Å². The Morgan fingerprint density at radius 3 is 3.12 bits per heavy atom. The third kappa shape index (κ3) is 2.62. The second-order valence-corrected chi connectivity index (χ2v) is 6.18. The summed E-state index contributed by atoms with van der Waals surface area (Å²) in [5, 5.41) is 14.7. The van der Waals surface area contributed by atoms with Crippen molar-refractivity contribution >= 4 is 34.6 Å². The number of hydrogen-bond donors (Lipinski definition) is 1. The summed E-state index contributed by atoms with van der Waals surface area (Å²) in [6.07, 6.45) is 3.63. The molecule has 0 saturated heterocycles. The van der Waals surface area contributed by atoms with Gasteiger partial charge in [0.05, 0.1) is 24.0 Å². The first-order chi connectivity index (χ1) is 11.7. The highest BCUT2D eigenvalue weighted by molar-refractivity contribution is 7.11. The van der Waals surface area contributed by atoms with Crippen LogP contribution in [0.5, 0.6) is 0 Å². The van der Waals surface area contributed by atoms with Crippen molar-refractivity contribution in [3.8, 4) is 17.3 Å². The van der Waals surface area contributed by atoms with Crippen LogP contribution in [0.2, 0.25) is 0 Å². The summed E-state index contributed by atoms with van der Waals surface area (Å²) in [4.78, 5) is 16.0. The van der Waals surface area contributed by atoms with Crippen LogP contribution in [0.3, 0.4) is 0 Å². The molecule has 0 radical (unpaired) electrons. The number of nitriles is 1. The molecule has 1 N–H and O–H groups in total. The molecule has 0 saturated carbocycles. The molecule has 1 amide bonds. The van der Waals surface area contributed by atoms with Crippen LogP contribution in [-0.2, 0) is 11.2 Å². The number of carbonyl (C=O) groups is 1. The quantitative estimate of drug-likeness (QED) is 0.736. The van der Waals surface area contributed by atoms with Crippen molar-refractivity contribution < 1.29 is 9.21 Å². The smallest absolute Gasteiger partial charge is 0.228 e. The molecule has 0 spiro atoms. The van der Waals surface area contributed by atoms with E-state index in [0.29, 0.717) is 22.8 Å². The number of hydrogen-bond acceptors (Lipinski definition) is 5. The first kappa shape index (κ1) is 14.4. The molecule has 1 aliphatic heterocycles. The summed E-state index contributed by atoms with van der Waals surface area (Å²) in [6.45, 7) is 0. The Balaban J connectivity index is 1.67. The van der Waals surface area contributed by atoms with Gasteiger partial charge in [0.2, 0.25) is 5.91 Å². The van der Waals surface area contributed by atoms with Crippen LogP contribution in [0, 0.1) is 11.3 Å². The van der Waals surface area contributed by atoms with Gasteiger partial charge in [-0.3, -0.25) is 4.79 Å². The Hall–Kier alpha value is -3.17. The first-order valence-corrected chi connectivity index (χ1v) is 8.15. The SMILES string of the molecule is N#C/C(=C\c1ccco1)c1nc(-c2ccc3c(c2)CC(=O)N3)cs1. The largest absolute Gasteiger partial charge is 0.465 e. The van der Waals surface area contributed by atoms with Gasteiger partial charge in [-0.1, -0.05) is 6.07 Å². The number of allylic oxidation sites excluding steroid dienone is 1. The van der Waals surface area contributed by atoms with E-state index in [9.17, 15) is 10.1 Å². The van der Waals surface area contributed by atoms with Gasteiger partial charge < -0.3 is 9.73 Å². The first-order valence-electron chi connectivity index (χ1n) is 7.27. The molecular formula is C18H11N3O2S. The summed E-state index contributed by atoms with van der Waals surface area (Å²) in [5.74, 6) is 0.625. The summed E-state index contributed by atoms with van der Waals surface area (Å²) < 4.78 is 5.25. The number of nitrogens with zero attached hydrogens (tertiary/aromatic N) is 2. The lowest BCUT2D eigenvalue weighted by Gasteiger charge is -2.01. The van der Waals surface area contributed by atoms with Crippen molar-refractivity contribution in [2.45, 2.75) is 6.42 Å². The standard InChI is InChI=1S/C18H11N3O2S/c19-9-13(7-14-2-1-5-23-14)18-21-16(10-24-18)11-3-4-15-12(6-11)8-17(22)20-15/h1-7,10H,8H2,(H,20,22)/b13-7+. The number of nitrogens with one attached hydrogen (secondary N) is 1. The third-order valence-corrected chi connectivity index (χ3v) is 4.59. The van der Waals surface area contributed by atoms with E-state index in [1.165, 1.54) is 11.3 Å². The summed E-state index contributed by atoms with van der Waals surface area (Å²) in [6, 6.07) is 11.5. The fourth-order valence-corrected chi connectivity index (χ4v) is 3.37. The van der Waals surface area contributed by atoms with Crippen LogP contribution in [0.4, 0.5) is 5.69 Å². The maximum atomic E-state index is 11.5. The minimum absolute atomic E-state index is 0.00858. The highest BCUT2D eigenvalue weighted by Gasteiger charge is 2.18. The number of anilines is 1. The molecule has 24 heavy (non-hydrogen) atoms. The molecular weight excluding hydrogens is 322 g/mol. The Kier molecular flexibility index (Phi) is 3.48. The van der Waals surface area contributed by atoms with Gasteiger partial charge in [0, 0.05) is 22.7 Å². The monoisotopic (exact) mass is 333 g/mol. The lowest BCUT2D eigenvalue weighted by Crippen LogP contribution is -2.03. The minimum Gasteiger partial charge on any atom is -0.465 e. The minimum atomic E-state index is 0.00858. The lowest BCUT2D eigenvalue weighted by molar-refractivity contribution is -0.115. The average molecular weight is 333 g/mol. The van der Waals surface area contributed by atoms with Crippen molar-refractivity contribution in [1.82, 2.24) is 4.98 Å². The molecule has 3 heterocycles. The fourth-order valence-electron chi connectivity index (χ4n) is 2.58. The topological polar surface area (TPSA) is 78.9 Å². The Morgan fingerprint density at radius 2 is 2.33 bits per heavy atom. The van der Waals surface area contributed by atoms with Crippen molar-refractivity contribution in [3.63, 3.8) is 0 Å². The number of aromatic nitrogens is 1. The lowest BCUT2D eigenvalue weighted by atomic mass is 10.1. The second kappa shape index (κ2) is 5.80. The molecule has 6 heteroatoms. The van der Waals surface area contributed by atoms with Crippen LogP contribution >= 0.6 is 11.3 Å². The number of rotatable bonds is 3. The molecule has 2 aromatic heterocycles. The van der Waals surface area contributed by atoms with Crippen molar-refractivity contribution in [3.05, 3.63) is 58.3 Å². The van der Waals surface area contributed by atoms with Crippen molar-refractivity contribution in [2.24, 2.45) is 0 Å². The molecule has 5 nitrogen and oxygen atoms in total. The summed E-state index contributed by atoms with van der Waals surface area (Å²) in [5.41, 5.74) is 4.01. The maximum absolute atomic E-state index is 11.5. The zero-order chi connectivity index (χ0) is 16.5. The normalized spacial score (nSPS) is 13.5. The molecule has 1 aliphatic rings. The molecule has 0 atom stereocenters. The van der Waals surface area contributed by atoms with E-state index in [2.05, 4.69) is 16.4 Å². The Labute approximate surface area is 141 Å². The molecule has 0 bridgehead atoms. The average Bonchev–Trinajstić information content (AvgIpc) is 3.31. The van der Waals surface area contributed by atoms with Crippen LogP contribution in [-0.4, -0.2) is 10.9 Å². The van der Waals surface area contributed by atoms with E-state index in [4.69, 9.17) is 4.42 Å². The van der Waals surface area contributed by atoms with Gasteiger partial charge in [0.25, 0.3) is 0 Å². The predicted octanol–water partition coefficient (Wildman–Crippen LogP) is 3.96. The van der Waals surface area contributed by atoms with Gasteiger partial charge >= 0.3 is 0 Å². The number of furan rings is 1. The van der Waals surface area contributed by atoms with Gasteiger partial charge in [-0.25, -0.2) is 4.98 Å². The Bertz CT molecular complexity index is 994. The number of carbonyl (C=O) groups excluding carboxylic acids is 1. The van der Waals surface area contributed by atoms with Crippen molar-refractivity contribution in [2.75, 3.05) is 5.32 Å². The van der Waals surface area contributed by atoms with Crippen LogP contribution in [0.15, 0.2) is 46.4 Å². The van der Waals surface area contributed by atoms with Crippen LogP contribution in [0.25, 0.3) is 22.9 Å². The molecule has 1 aromatic carbocycles. The summed E-state index contributed by atoms with van der Waals surface area (Å²) >= 11 is 1.41. The van der Waals surface area contributed by atoms with E-state index in [1.54, 1.807) is 24.5 Å². The van der Waals surface area contributed by atoms with E-state index >= 15 is 0 Å². The van der Waals surface area contributed by atoms with Gasteiger partial charge in [-0.15, -0.1) is 11.3 Å². The fraction of sp³-hybridized carbons (Fsp3) is 0.0556. The van der Waals surface area contributed by atoms with Crippen LogP contribution < -0.4 is 5.32 Å². The maximum Gasteiger partial charge on any atom is 0.228 e. The molecule has 0 unspecified atom stereocenters. The number of fused-ring (bicyclic) bond motifs is 1. The zero-order valence-electron chi connectivity index (χ0n) is 12.4. The molecule has 4 rings (SSSR count). The van der Waals surface area contributed by atoms with Gasteiger partial charge in [0.15, 0.2) is 0 Å². The summed E-state index contributed by atoms with van der Waals surface area (Å²) in [7, 11) is 0. The Morgan fingerprint density at radius 1 is 1.42 bits per heavy atom. The van der Waals surface area contributed by atoms with Crippen molar-refractivity contribution in [1.29, 1.82) is 5.26 Å². The van der Waals surface area contributed by atoms with Gasteiger partial charge in [-0.05, 0) is 29.8 Å². The number of benzene rings is 1. The molecule has 0 aliphatic carbocycles.